The van der Waals surface area contributed by atoms with Crippen LogP contribution in [0, 0.1) is 6.92 Å². The van der Waals surface area contributed by atoms with Gasteiger partial charge in [-0.25, -0.2) is 8.42 Å². The number of hydrogen-bond acceptors (Lipinski definition) is 2. The zero-order valence-electron chi connectivity index (χ0n) is 11.0. The predicted octanol–water partition coefficient (Wildman–Crippen LogP) is 3.56. The van der Waals surface area contributed by atoms with Crippen LogP contribution in [0.2, 0.25) is 5.02 Å². The van der Waals surface area contributed by atoms with Crippen LogP contribution in [0.25, 0.3) is 0 Å². The van der Waals surface area contributed by atoms with Gasteiger partial charge in [-0.1, -0.05) is 18.5 Å². The molecule has 1 aliphatic carbocycles. The first-order valence-corrected chi connectivity index (χ1v) is 8.64. The number of benzene rings is 1. The van der Waals surface area contributed by atoms with Gasteiger partial charge in [-0.05, 0) is 43.0 Å². The zero-order valence-corrected chi connectivity index (χ0v) is 13.3. The molecule has 19 heavy (non-hydrogen) atoms. The van der Waals surface area contributed by atoms with Crippen molar-refractivity contribution in [3.8, 4) is 0 Å². The summed E-state index contributed by atoms with van der Waals surface area (Å²) in [6.07, 6.45) is 1.88. The Bertz CT molecular complexity index is 583. The Hall–Kier alpha value is -0.290. The van der Waals surface area contributed by atoms with Crippen LogP contribution in [-0.4, -0.2) is 25.3 Å². The molecule has 1 aliphatic rings. The third kappa shape index (κ3) is 2.92. The monoisotopic (exact) mass is 321 g/mol. The van der Waals surface area contributed by atoms with E-state index >= 15 is 0 Å². The normalized spacial score (nSPS) is 16.1. The Morgan fingerprint density at radius 3 is 2.47 bits per heavy atom. The molecule has 0 saturated heterocycles. The minimum atomic E-state index is -3.48. The maximum atomic E-state index is 12.7. The average Bonchev–Trinajstić information content (AvgIpc) is 3.16. The highest BCUT2D eigenvalue weighted by Gasteiger charge is 2.37. The molecule has 1 aromatic carbocycles. The van der Waals surface area contributed by atoms with Crippen LogP contribution >= 0.6 is 23.2 Å². The Morgan fingerprint density at radius 1 is 1.37 bits per heavy atom. The largest absolute Gasteiger partial charge is 0.243 e. The second-order valence-corrected chi connectivity index (χ2v) is 7.32. The molecule has 0 unspecified atom stereocenters. The Labute approximate surface area is 124 Å². The number of hydrogen-bond donors (Lipinski definition) is 0. The van der Waals surface area contributed by atoms with Gasteiger partial charge in [0.05, 0.1) is 4.90 Å². The summed E-state index contributed by atoms with van der Waals surface area (Å²) in [5, 5.41) is 0.409. The second-order valence-electron chi connectivity index (χ2n) is 4.76. The molecule has 0 N–H and O–H groups in total. The molecule has 2 rings (SSSR count). The minimum Gasteiger partial charge on any atom is -0.207 e. The Kier molecular flexibility index (Phi) is 4.45. The highest BCUT2D eigenvalue weighted by molar-refractivity contribution is 7.89. The Morgan fingerprint density at radius 2 is 2.00 bits per heavy atom. The van der Waals surface area contributed by atoms with Crippen molar-refractivity contribution in [1.82, 2.24) is 4.31 Å². The van der Waals surface area contributed by atoms with E-state index < -0.39 is 10.0 Å². The molecular formula is C13H17Cl2NO2S. The van der Waals surface area contributed by atoms with Gasteiger partial charge in [-0.2, -0.15) is 4.31 Å². The fourth-order valence-electron chi connectivity index (χ4n) is 2.23. The summed E-state index contributed by atoms with van der Waals surface area (Å²) in [5.74, 6) is 0.254. The molecular weight excluding hydrogens is 305 g/mol. The van der Waals surface area contributed by atoms with Crippen LogP contribution in [0.3, 0.4) is 0 Å². The van der Waals surface area contributed by atoms with Crippen LogP contribution in [0.15, 0.2) is 17.0 Å². The molecule has 0 aliphatic heterocycles. The molecule has 6 heteroatoms. The van der Waals surface area contributed by atoms with Crippen LogP contribution in [0.1, 0.15) is 30.9 Å². The first-order valence-electron chi connectivity index (χ1n) is 6.28. The van der Waals surface area contributed by atoms with E-state index in [1.54, 1.807) is 17.3 Å². The summed E-state index contributed by atoms with van der Waals surface area (Å²) in [5.41, 5.74) is 1.46. The molecule has 3 nitrogen and oxygen atoms in total. The second kappa shape index (κ2) is 5.60. The lowest BCUT2D eigenvalue weighted by Crippen LogP contribution is -2.33. The topological polar surface area (TPSA) is 37.4 Å². The molecule has 106 valence electrons. The summed E-state index contributed by atoms with van der Waals surface area (Å²) in [6, 6.07) is 3.39. The molecule has 0 atom stereocenters. The first-order chi connectivity index (χ1) is 8.91. The van der Waals surface area contributed by atoms with Crippen LogP contribution in [0.5, 0.6) is 0 Å². The van der Waals surface area contributed by atoms with E-state index in [4.69, 9.17) is 23.2 Å². The summed E-state index contributed by atoms with van der Waals surface area (Å²) < 4.78 is 27.0. The number of halogens is 2. The van der Waals surface area contributed by atoms with E-state index in [9.17, 15) is 8.42 Å². The number of sulfonamides is 1. The van der Waals surface area contributed by atoms with Gasteiger partial charge in [-0.15, -0.1) is 11.6 Å². The van der Waals surface area contributed by atoms with Gasteiger partial charge in [0.1, 0.15) is 0 Å². The van der Waals surface area contributed by atoms with Gasteiger partial charge < -0.3 is 0 Å². The molecule has 0 aromatic heterocycles. The van der Waals surface area contributed by atoms with Gasteiger partial charge in [-0.3, -0.25) is 0 Å². The number of nitrogens with zero attached hydrogens (tertiary/aromatic N) is 1. The first kappa shape index (κ1) is 15.1. The van der Waals surface area contributed by atoms with Crippen molar-refractivity contribution in [2.45, 2.75) is 43.5 Å². The van der Waals surface area contributed by atoms with E-state index in [0.717, 1.165) is 18.4 Å². The molecule has 1 fully saturated rings. The fraction of sp³-hybridized carbons (Fsp3) is 0.538. The van der Waals surface area contributed by atoms with Crippen molar-refractivity contribution in [2.24, 2.45) is 0 Å². The molecule has 0 amide bonds. The van der Waals surface area contributed by atoms with Crippen molar-refractivity contribution in [3.05, 3.63) is 28.3 Å². The van der Waals surface area contributed by atoms with E-state index in [2.05, 4.69) is 0 Å². The lowest BCUT2D eigenvalue weighted by atomic mass is 10.1. The van der Waals surface area contributed by atoms with Gasteiger partial charge in [0.2, 0.25) is 10.0 Å². The fourth-order valence-corrected chi connectivity index (χ4v) is 4.80. The average molecular weight is 322 g/mol. The van der Waals surface area contributed by atoms with Crippen molar-refractivity contribution in [1.29, 1.82) is 0 Å². The third-order valence-corrected chi connectivity index (χ3v) is 6.09. The minimum absolute atomic E-state index is 0.146. The summed E-state index contributed by atoms with van der Waals surface area (Å²) in [6.45, 7) is 4.12. The third-order valence-electron chi connectivity index (χ3n) is 3.43. The van der Waals surface area contributed by atoms with E-state index in [1.807, 2.05) is 6.92 Å². The maximum Gasteiger partial charge on any atom is 0.243 e. The quantitative estimate of drug-likeness (QED) is 0.777. The molecule has 0 bridgehead atoms. The molecule has 1 saturated carbocycles. The zero-order chi connectivity index (χ0) is 14.2. The smallest absolute Gasteiger partial charge is 0.207 e. The lowest BCUT2D eigenvalue weighted by Gasteiger charge is -2.22. The van der Waals surface area contributed by atoms with Crippen molar-refractivity contribution in [3.63, 3.8) is 0 Å². The number of alkyl halides is 1. The summed E-state index contributed by atoms with van der Waals surface area (Å²) in [7, 11) is -3.48. The SMILES string of the molecule is CCN(C1CC1)S(=O)(=O)c1cc(Cl)cc(CCl)c1C. The summed E-state index contributed by atoms with van der Waals surface area (Å²) >= 11 is 11.9. The van der Waals surface area contributed by atoms with E-state index in [0.29, 0.717) is 17.1 Å². The molecule has 0 heterocycles. The molecule has 0 spiro atoms. The number of rotatable bonds is 5. The van der Waals surface area contributed by atoms with Crippen molar-refractivity contribution in [2.75, 3.05) is 6.54 Å². The highest BCUT2D eigenvalue weighted by Crippen LogP contribution is 2.34. The van der Waals surface area contributed by atoms with Gasteiger partial charge >= 0.3 is 0 Å². The highest BCUT2D eigenvalue weighted by atomic mass is 35.5. The maximum absolute atomic E-state index is 12.7. The van der Waals surface area contributed by atoms with Crippen LogP contribution in [-0.2, 0) is 15.9 Å². The van der Waals surface area contributed by atoms with Gasteiger partial charge in [0.15, 0.2) is 0 Å². The molecule has 1 aromatic rings. The van der Waals surface area contributed by atoms with Crippen molar-refractivity contribution < 1.29 is 8.42 Å². The van der Waals surface area contributed by atoms with Crippen LogP contribution < -0.4 is 0 Å². The van der Waals surface area contributed by atoms with Gasteiger partial charge in [0, 0.05) is 23.5 Å². The standard InChI is InChI=1S/C13H17Cl2NO2S/c1-3-16(12-4-5-12)19(17,18)13-7-11(15)6-10(8-14)9(13)2/h6-7,12H,3-5,8H2,1-2H3. The van der Waals surface area contributed by atoms with E-state index in [-0.39, 0.29) is 16.8 Å². The van der Waals surface area contributed by atoms with Crippen molar-refractivity contribution >= 4 is 33.2 Å². The Balaban J connectivity index is 2.53. The van der Waals surface area contributed by atoms with E-state index in [1.165, 1.54) is 6.07 Å². The lowest BCUT2D eigenvalue weighted by molar-refractivity contribution is 0.420. The molecule has 0 radical (unpaired) electrons. The predicted molar refractivity (Wildman–Crippen MR) is 78.3 cm³/mol. The summed E-state index contributed by atoms with van der Waals surface area (Å²) in [4.78, 5) is 0.282. The van der Waals surface area contributed by atoms with Gasteiger partial charge in [0.25, 0.3) is 0 Å². The van der Waals surface area contributed by atoms with Crippen LogP contribution in [0.4, 0.5) is 0 Å².